The first-order chi connectivity index (χ1) is 48.2. The van der Waals surface area contributed by atoms with Crippen molar-refractivity contribution in [3.63, 3.8) is 0 Å². The molecule has 19 nitrogen and oxygen atoms in total. The van der Waals surface area contributed by atoms with Crippen LogP contribution in [0, 0.1) is 47.7 Å². The summed E-state index contributed by atoms with van der Waals surface area (Å²) in [5.74, 6) is 2.29. The molecule has 1 spiro atoms. The van der Waals surface area contributed by atoms with Crippen molar-refractivity contribution in [2.75, 3.05) is 82.6 Å². The smallest absolute Gasteiger partial charge is 0.203 e. The Bertz CT molecular complexity index is 5090. The van der Waals surface area contributed by atoms with Gasteiger partial charge in [-0.15, -0.1) is 15.3 Å². The van der Waals surface area contributed by atoms with Crippen LogP contribution in [0.3, 0.4) is 0 Å². The Kier molecular flexibility index (Phi) is 16.2. The van der Waals surface area contributed by atoms with E-state index in [1.165, 1.54) is 97.6 Å². The molecule has 12 aromatic rings. The van der Waals surface area contributed by atoms with E-state index in [0.717, 1.165) is 130 Å². The standard InChI is InChI=1S/C30H29N5.C27H27N7.C22H22FN7/c1-20-21(2)35-27-9-8-26(33-13-12-30(19-33)10-3-11-30)14-25(27)18-34-17-24(15-28(34)29(35)32-20)23-6-4-22(16-31)5-7-23;1-31(2)23-9-11-32(12-10-23)24-7-8-25-22(13-24)17-33-16-21(20-5-3-19(15-28)4-6-20)14-26(33)27-30-29-18-34(25)27;1-28(2)10-9-24-19-7-8-20-17(11-19)14-29-13-16(15-3-5-18(23)6-4-15)12-21(29)22-25-26-27-30(20)22/h4-9,14-15,17H,3,10-13,18-19H2,1-2H3;3-8,13-14,16,18,23H,9-12,17H2,1-2H3;3-8,11-13,24H,9-10,14H2,1-2H3. The largest absolute Gasteiger partial charge is 0.384 e. The molecule has 18 rings (SSSR count). The van der Waals surface area contributed by atoms with E-state index in [2.05, 4.69) is 219 Å². The number of anilines is 3. The fourth-order valence-electron chi connectivity index (χ4n) is 15.4. The molecule has 1 saturated carbocycles. The topological polar surface area (TPSA) is 179 Å². The summed E-state index contributed by atoms with van der Waals surface area (Å²) in [6.07, 6.45) is 16.2. The van der Waals surface area contributed by atoms with Gasteiger partial charge in [0.1, 0.15) is 12.1 Å². The van der Waals surface area contributed by atoms with E-state index in [4.69, 9.17) is 10.2 Å². The minimum absolute atomic E-state index is 0.244. The van der Waals surface area contributed by atoms with Crippen LogP contribution >= 0.6 is 0 Å². The lowest BCUT2D eigenvalue weighted by Crippen LogP contribution is -2.42. The number of hydrogen-bond donors (Lipinski definition) is 1. The maximum atomic E-state index is 13.3. The number of aromatic nitrogens is 12. The highest BCUT2D eigenvalue weighted by Crippen LogP contribution is 2.49. The maximum Gasteiger partial charge on any atom is 0.203 e. The summed E-state index contributed by atoms with van der Waals surface area (Å²) in [6.45, 7) is 12.9. The van der Waals surface area contributed by atoms with Crippen LogP contribution in [-0.4, -0.2) is 142 Å². The molecule has 0 bridgehead atoms. The normalized spacial score (nSPS) is 15.1. The fraction of sp³-hybridized carbons (Fsp3) is 0.291. The summed E-state index contributed by atoms with van der Waals surface area (Å²) >= 11 is 0. The van der Waals surface area contributed by atoms with Gasteiger partial charge in [0.05, 0.1) is 63.1 Å². The lowest BCUT2D eigenvalue weighted by molar-refractivity contribution is 0.165. The molecule has 6 aromatic heterocycles. The van der Waals surface area contributed by atoms with Gasteiger partial charge in [0, 0.05) is 123 Å². The number of nitrogens with zero attached hydrogens (tertiary/aromatic N) is 18. The third-order valence-corrected chi connectivity index (χ3v) is 21.2. The summed E-state index contributed by atoms with van der Waals surface area (Å²) < 4.78 is 26.3. The molecule has 20 heteroatoms. The number of nitrogens with one attached hydrogen (secondary N) is 1. The van der Waals surface area contributed by atoms with Gasteiger partial charge in [0.2, 0.25) is 5.82 Å². The molecule has 6 aliphatic rings. The Morgan fingerprint density at radius 1 is 0.576 bits per heavy atom. The number of tetrazole rings is 1. The summed E-state index contributed by atoms with van der Waals surface area (Å²) in [5, 5.41) is 42.9. The van der Waals surface area contributed by atoms with Crippen LogP contribution in [0.4, 0.5) is 21.5 Å². The molecule has 6 aromatic carbocycles. The summed E-state index contributed by atoms with van der Waals surface area (Å²) in [5.41, 5.74) is 24.5. The van der Waals surface area contributed by atoms with Crippen LogP contribution < -0.4 is 15.1 Å². The van der Waals surface area contributed by atoms with E-state index in [9.17, 15) is 9.65 Å². The number of halogens is 1. The van der Waals surface area contributed by atoms with Gasteiger partial charge in [-0.1, -0.05) is 42.8 Å². The summed E-state index contributed by atoms with van der Waals surface area (Å²) in [6, 6.07) is 53.7. The van der Waals surface area contributed by atoms with Crippen molar-refractivity contribution in [2.45, 2.75) is 78.0 Å². The Morgan fingerprint density at radius 3 is 1.71 bits per heavy atom. The fourth-order valence-corrected chi connectivity index (χ4v) is 15.4. The first-order valence-electron chi connectivity index (χ1n) is 34.3. The Balaban J connectivity index is 0.000000116. The molecule has 0 radical (unpaired) electrons. The Hall–Kier alpha value is -11.2. The molecule has 496 valence electrons. The lowest BCUT2D eigenvalue weighted by atomic mass is 9.68. The van der Waals surface area contributed by atoms with Crippen LogP contribution in [0.1, 0.15) is 77.7 Å². The van der Waals surface area contributed by atoms with Crippen molar-refractivity contribution < 1.29 is 4.39 Å². The zero-order valence-electron chi connectivity index (χ0n) is 56.8. The predicted molar refractivity (Wildman–Crippen MR) is 386 cm³/mol. The highest BCUT2D eigenvalue weighted by Gasteiger charge is 2.43. The molecule has 0 atom stereocenters. The van der Waals surface area contributed by atoms with Crippen LogP contribution in [-0.2, 0) is 19.6 Å². The second-order valence-electron chi connectivity index (χ2n) is 27.9. The Morgan fingerprint density at radius 2 is 1.13 bits per heavy atom. The van der Waals surface area contributed by atoms with Gasteiger partial charge in [-0.25, -0.2) is 9.37 Å². The van der Waals surface area contributed by atoms with E-state index < -0.39 is 0 Å². The second-order valence-corrected chi connectivity index (χ2v) is 27.9. The zero-order chi connectivity index (χ0) is 67.6. The average molecular weight is 1310 g/mol. The number of imidazole rings is 1. The lowest BCUT2D eigenvalue weighted by Gasteiger charge is -2.38. The van der Waals surface area contributed by atoms with Gasteiger partial charge in [0.25, 0.3) is 0 Å². The molecule has 5 aliphatic heterocycles. The number of fused-ring (bicyclic) bond motifs is 15. The SMILES string of the molecule is CN(C)C1CCN(c2ccc3c(c2)Cn2cc(-c4ccc(C#N)cc4)cc2-c2nncn2-3)CC1.CN(C)CCNc1ccc2c(c1)Cn1cc(-c3ccc(F)cc3)cc1-c1nnnn1-2.Cc1nc2n(c1C)-c1ccc(N3CCC4(CCC4)C3)cc1Cn1cc(-c3ccc(C#N)cc3)cc1-2. The second kappa shape index (κ2) is 25.7. The molecule has 11 heterocycles. The van der Waals surface area contributed by atoms with E-state index in [1.54, 1.807) is 23.1 Å². The van der Waals surface area contributed by atoms with Gasteiger partial charge in [-0.3, -0.25) is 9.13 Å². The molecule has 3 fully saturated rings. The third kappa shape index (κ3) is 11.9. The van der Waals surface area contributed by atoms with Gasteiger partial charge < -0.3 is 38.6 Å². The molecule has 0 unspecified atom stereocenters. The van der Waals surface area contributed by atoms with Crippen molar-refractivity contribution in [3.05, 3.63) is 216 Å². The number of benzene rings is 6. The van der Waals surface area contributed by atoms with E-state index in [0.29, 0.717) is 35.0 Å². The molecule has 0 amide bonds. The number of aryl methyl sites for hydroxylation is 1. The molecular weight excluding hydrogens is 1230 g/mol. The van der Waals surface area contributed by atoms with E-state index in [-0.39, 0.29) is 5.82 Å². The minimum Gasteiger partial charge on any atom is -0.384 e. The average Bonchev–Trinajstić information content (AvgIpc) is 1.61. The zero-order valence-corrected chi connectivity index (χ0v) is 56.8. The van der Waals surface area contributed by atoms with Crippen molar-refractivity contribution in [3.8, 4) is 97.1 Å². The van der Waals surface area contributed by atoms with Crippen LogP contribution in [0.5, 0.6) is 0 Å². The molecular formula is C79H78FN19. The number of nitriles is 2. The third-order valence-electron chi connectivity index (χ3n) is 21.2. The molecule has 2 saturated heterocycles. The summed E-state index contributed by atoms with van der Waals surface area (Å²) in [4.78, 5) is 14.6. The predicted octanol–water partition coefficient (Wildman–Crippen LogP) is 13.7. The first kappa shape index (κ1) is 62.6. The molecule has 1 N–H and O–H groups in total. The number of rotatable bonds is 10. The minimum atomic E-state index is -0.244. The van der Waals surface area contributed by atoms with Crippen molar-refractivity contribution >= 4 is 17.1 Å². The summed E-state index contributed by atoms with van der Waals surface area (Å²) in [7, 11) is 8.48. The highest BCUT2D eigenvalue weighted by atomic mass is 19.1. The van der Waals surface area contributed by atoms with Gasteiger partial charge in [-0.05, 0) is 233 Å². The number of hydrogen-bond acceptors (Lipinski definition) is 13. The van der Waals surface area contributed by atoms with Crippen LogP contribution in [0.15, 0.2) is 171 Å². The van der Waals surface area contributed by atoms with Crippen molar-refractivity contribution in [1.29, 1.82) is 10.5 Å². The molecule has 99 heavy (non-hydrogen) atoms. The maximum absolute atomic E-state index is 13.3. The molecule has 1 aliphatic carbocycles. The van der Waals surface area contributed by atoms with Gasteiger partial charge in [-0.2, -0.15) is 15.2 Å². The van der Waals surface area contributed by atoms with Gasteiger partial charge in [0.15, 0.2) is 11.6 Å². The van der Waals surface area contributed by atoms with E-state index >= 15 is 0 Å². The first-order valence-corrected chi connectivity index (χ1v) is 34.3. The monoisotopic (exact) mass is 1310 g/mol. The quantitative estimate of drug-likeness (QED) is 0.137. The van der Waals surface area contributed by atoms with Gasteiger partial charge >= 0.3 is 0 Å². The van der Waals surface area contributed by atoms with Crippen molar-refractivity contribution in [2.24, 2.45) is 5.41 Å². The van der Waals surface area contributed by atoms with Crippen LogP contribution in [0.2, 0.25) is 0 Å². The Labute approximate surface area is 575 Å². The van der Waals surface area contributed by atoms with Crippen molar-refractivity contribution in [1.82, 2.24) is 68.0 Å². The van der Waals surface area contributed by atoms with Crippen LogP contribution in [0.25, 0.3) is 85.0 Å². The highest BCUT2D eigenvalue weighted by molar-refractivity contribution is 5.76. The number of likely N-dealkylation sites (N-methyl/N-ethyl adjacent to an activating group) is 1. The number of piperidine rings is 1. The van der Waals surface area contributed by atoms with E-state index in [1.807, 2.05) is 48.5 Å².